The first-order valence-electron chi connectivity index (χ1n) is 7.75. The van der Waals surface area contributed by atoms with Crippen molar-refractivity contribution in [2.24, 2.45) is 11.1 Å². The summed E-state index contributed by atoms with van der Waals surface area (Å²) in [5.74, 6) is 0.394. The number of rotatable bonds is 6. The molecule has 0 aliphatic heterocycles. The number of sulfonamides is 1. The van der Waals surface area contributed by atoms with Crippen molar-refractivity contribution in [3.8, 4) is 0 Å². The van der Waals surface area contributed by atoms with Crippen molar-refractivity contribution in [3.63, 3.8) is 0 Å². The van der Waals surface area contributed by atoms with Crippen molar-refractivity contribution in [2.75, 3.05) is 19.0 Å². The van der Waals surface area contributed by atoms with Crippen molar-refractivity contribution < 1.29 is 18.1 Å². The van der Waals surface area contributed by atoms with Crippen LogP contribution in [0.5, 0.6) is 0 Å². The average Bonchev–Trinajstić information content (AvgIpc) is 2.53. The Morgan fingerprint density at radius 3 is 2.54 bits per heavy atom. The standard InChI is InChI=1S/C15H23N3O5S/c1-15(23-2)7-5-11(6-8-15)10-17-13-4-3-12(24(16,21)22)9-14(13)18(19)20/h3-4,9,11,17H,5-8,10H2,1-2H3,(H2,16,21,22). The van der Waals surface area contributed by atoms with E-state index in [0.717, 1.165) is 31.7 Å². The smallest absolute Gasteiger partial charge is 0.293 e. The van der Waals surface area contributed by atoms with Gasteiger partial charge >= 0.3 is 0 Å². The summed E-state index contributed by atoms with van der Waals surface area (Å²) < 4.78 is 28.2. The number of nitrogens with one attached hydrogen (secondary N) is 1. The zero-order valence-electron chi connectivity index (χ0n) is 13.8. The van der Waals surface area contributed by atoms with E-state index in [1.807, 2.05) is 0 Å². The van der Waals surface area contributed by atoms with Gasteiger partial charge in [-0.1, -0.05) is 0 Å². The van der Waals surface area contributed by atoms with E-state index in [4.69, 9.17) is 9.88 Å². The Balaban J connectivity index is 2.06. The van der Waals surface area contributed by atoms with E-state index in [-0.39, 0.29) is 16.2 Å². The number of nitro groups is 1. The molecule has 0 bridgehead atoms. The SMILES string of the molecule is COC1(C)CCC(CNc2ccc(S(N)(=O)=O)cc2[N+](=O)[O-])CC1. The first-order chi connectivity index (χ1) is 11.1. The number of nitro benzene ring substituents is 1. The molecule has 0 amide bonds. The second-order valence-corrected chi connectivity index (χ2v) is 8.02. The fraction of sp³-hybridized carbons (Fsp3) is 0.600. The molecule has 1 aliphatic rings. The second-order valence-electron chi connectivity index (χ2n) is 6.46. The third kappa shape index (κ3) is 4.43. The molecule has 9 heteroatoms. The van der Waals surface area contributed by atoms with Gasteiger partial charge < -0.3 is 10.1 Å². The molecular formula is C15H23N3O5S. The minimum Gasteiger partial charge on any atom is -0.379 e. The molecule has 8 nitrogen and oxygen atoms in total. The molecule has 0 saturated heterocycles. The van der Waals surface area contributed by atoms with E-state index in [0.29, 0.717) is 18.2 Å². The van der Waals surface area contributed by atoms with Crippen LogP contribution in [0.2, 0.25) is 0 Å². The molecule has 1 fully saturated rings. The van der Waals surface area contributed by atoms with Crippen LogP contribution >= 0.6 is 0 Å². The van der Waals surface area contributed by atoms with E-state index in [1.54, 1.807) is 7.11 Å². The Hall–Kier alpha value is -1.71. The summed E-state index contributed by atoms with van der Waals surface area (Å²) in [6, 6.07) is 3.65. The lowest BCUT2D eigenvalue weighted by Crippen LogP contribution is -2.34. The van der Waals surface area contributed by atoms with Gasteiger partial charge in [0, 0.05) is 19.7 Å². The summed E-state index contributed by atoms with van der Waals surface area (Å²) in [5.41, 5.74) is -0.0776. The number of nitrogens with zero attached hydrogens (tertiary/aromatic N) is 1. The normalized spacial score (nSPS) is 24.5. The highest BCUT2D eigenvalue weighted by molar-refractivity contribution is 7.89. The van der Waals surface area contributed by atoms with Crippen LogP contribution in [0.15, 0.2) is 23.1 Å². The van der Waals surface area contributed by atoms with Gasteiger partial charge in [0.1, 0.15) is 5.69 Å². The number of benzene rings is 1. The van der Waals surface area contributed by atoms with Crippen molar-refractivity contribution in [1.82, 2.24) is 0 Å². The summed E-state index contributed by atoms with van der Waals surface area (Å²) in [6.45, 7) is 2.68. The van der Waals surface area contributed by atoms with E-state index < -0.39 is 14.9 Å². The summed E-state index contributed by atoms with van der Waals surface area (Å²) in [5, 5.41) is 19.3. The van der Waals surface area contributed by atoms with E-state index in [1.165, 1.54) is 12.1 Å². The van der Waals surface area contributed by atoms with Gasteiger partial charge in [-0.3, -0.25) is 10.1 Å². The molecule has 0 heterocycles. The fourth-order valence-corrected chi connectivity index (χ4v) is 3.47. The average molecular weight is 357 g/mol. The molecule has 134 valence electrons. The van der Waals surface area contributed by atoms with Gasteiger partial charge in [-0.25, -0.2) is 13.6 Å². The molecule has 0 radical (unpaired) electrons. The highest BCUT2D eigenvalue weighted by Crippen LogP contribution is 2.35. The van der Waals surface area contributed by atoms with Crippen LogP contribution in [0.3, 0.4) is 0 Å². The summed E-state index contributed by atoms with van der Waals surface area (Å²) >= 11 is 0. The molecule has 0 unspecified atom stereocenters. The first-order valence-corrected chi connectivity index (χ1v) is 9.29. The quantitative estimate of drug-likeness (QED) is 0.594. The molecule has 24 heavy (non-hydrogen) atoms. The van der Waals surface area contributed by atoms with Gasteiger partial charge in [-0.2, -0.15) is 0 Å². The maximum Gasteiger partial charge on any atom is 0.293 e. The number of anilines is 1. The Morgan fingerprint density at radius 2 is 2.04 bits per heavy atom. The van der Waals surface area contributed by atoms with Crippen LogP contribution in [-0.2, 0) is 14.8 Å². The Bertz CT molecular complexity index is 712. The van der Waals surface area contributed by atoms with Crippen LogP contribution in [0, 0.1) is 16.0 Å². The molecule has 2 rings (SSSR count). The number of hydrogen-bond acceptors (Lipinski definition) is 6. The molecule has 0 aromatic heterocycles. The van der Waals surface area contributed by atoms with Gasteiger partial charge in [0.2, 0.25) is 10.0 Å². The second kappa shape index (κ2) is 7.04. The Morgan fingerprint density at radius 1 is 1.42 bits per heavy atom. The predicted octanol–water partition coefficient (Wildman–Crippen LogP) is 2.25. The number of methoxy groups -OCH3 is 1. The molecule has 0 spiro atoms. The van der Waals surface area contributed by atoms with Gasteiger partial charge in [0.05, 0.1) is 15.4 Å². The summed E-state index contributed by atoms with van der Waals surface area (Å²) in [6.07, 6.45) is 3.84. The summed E-state index contributed by atoms with van der Waals surface area (Å²) in [7, 11) is -2.26. The van der Waals surface area contributed by atoms with E-state index in [9.17, 15) is 18.5 Å². The molecule has 3 N–H and O–H groups in total. The van der Waals surface area contributed by atoms with Crippen molar-refractivity contribution in [1.29, 1.82) is 0 Å². The lowest BCUT2D eigenvalue weighted by molar-refractivity contribution is -0.384. The number of ether oxygens (including phenoxy) is 1. The number of nitrogens with two attached hydrogens (primary N) is 1. The monoisotopic (exact) mass is 357 g/mol. The Kier molecular flexibility index (Phi) is 5.46. The first kappa shape index (κ1) is 18.6. The minimum absolute atomic E-state index is 0.0837. The highest BCUT2D eigenvalue weighted by atomic mass is 32.2. The zero-order chi connectivity index (χ0) is 18.0. The molecule has 1 saturated carbocycles. The molecular weight excluding hydrogens is 334 g/mol. The van der Waals surface area contributed by atoms with Crippen LogP contribution in [0.4, 0.5) is 11.4 Å². The third-order valence-corrected chi connectivity index (χ3v) is 5.64. The lowest BCUT2D eigenvalue weighted by Gasteiger charge is -2.36. The van der Waals surface area contributed by atoms with Crippen LogP contribution in [-0.4, -0.2) is 32.6 Å². The Labute approximate surface area is 141 Å². The zero-order valence-corrected chi connectivity index (χ0v) is 14.6. The molecule has 1 aliphatic carbocycles. The third-order valence-electron chi connectivity index (χ3n) is 4.73. The van der Waals surface area contributed by atoms with Crippen LogP contribution < -0.4 is 10.5 Å². The fourth-order valence-electron chi connectivity index (χ4n) is 2.94. The minimum atomic E-state index is -3.97. The maximum absolute atomic E-state index is 11.3. The van der Waals surface area contributed by atoms with Crippen LogP contribution in [0.1, 0.15) is 32.6 Å². The topological polar surface area (TPSA) is 125 Å². The molecule has 1 aromatic carbocycles. The predicted molar refractivity (Wildman–Crippen MR) is 90.3 cm³/mol. The van der Waals surface area contributed by atoms with Gasteiger partial charge in [-0.05, 0) is 50.7 Å². The lowest BCUT2D eigenvalue weighted by atomic mass is 9.80. The summed E-state index contributed by atoms with van der Waals surface area (Å²) in [4.78, 5) is 10.3. The number of primary sulfonamides is 1. The van der Waals surface area contributed by atoms with Crippen LogP contribution in [0.25, 0.3) is 0 Å². The van der Waals surface area contributed by atoms with Crippen molar-refractivity contribution in [3.05, 3.63) is 28.3 Å². The van der Waals surface area contributed by atoms with Crippen molar-refractivity contribution >= 4 is 21.4 Å². The highest BCUT2D eigenvalue weighted by Gasteiger charge is 2.31. The van der Waals surface area contributed by atoms with Gasteiger partial charge in [-0.15, -0.1) is 0 Å². The largest absolute Gasteiger partial charge is 0.379 e. The number of hydrogen-bond donors (Lipinski definition) is 2. The van der Waals surface area contributed by atoms with Crippen molar-refractivity contribution in [2.45, 2.75) is 43.1 Å². The van der Waals surface area contributed by atoms with E-state index >= 15 is 0 Å². The molecule has 1 aromatic rings. The van der Waals surface area contributed by atoms with Gasteiger partial charge in [0.15, 0.2) is 0 Å². The molecule has 0 atom stereocenters. The maximum atomic E-state index is 11.3. The van der Waals surface area contributed by atoms with E-state index in [2.05, 4.69) is 12.2 Å². The van der Waals surface area contributed by atoms with Gasteiger partial charge in [0.25, 0.3) is 5.69 Å².